The molecule has 1 heterocycles. The van der Waals surface area contributed by atoms with Crippen molar-refractivity contribution in [3.63, 3.8) is 0 Å². The van der Waals surface area contributed by atoms with E-state index < -0.39 is 0 Å². The highest BCUT2D eigenvalue weighted by Crippen LogP contribution is 1.90. The predicted octanol–water partition coefficient (Wildman–Crippen LogP) is 0.368. The molecule has 1 aromatic heterocycles. The van der Waals surface area contributed by atoms with Crippen LogP contribution in [-0.4, -0.2) is 9.68 Å². The smallest absolute Gasteiger partial charge is 0.176 e. The fourth-order valence-electron chi connectivity index (χ4n) is 0.789. The lowest BCUT2D eigenvalue weighted by Crippen LogP contribution is -2.30. The molecule has 1 aromatic rings. The maximum atomic E-state index is 7.39. The van der Waals surface area contributed by atoms with Crippen LogP contribution >= 0.6 is 12.2 Å². The largest absolute Gasteiger partial charge is 0.376 e. The maximum Gasteiger partial charge on any atom is 0.176 e. The summed E-state index contributed by atoms with van der Waals surface area (Å²) in [6.45, 7) is 1.92. The summed E-state index contributed by atoms with van der Waals surface area (Å²) in [6.07, 6.45) is 1.74. The Morgan fingerprint density at radius 1 is 1.64 bits per heavy atom. The van der Waals surface area contributed by atoms with E-state index in [1.807, 2.05) is 13.0 Å². The quantitative estimate of drug-likeness (QED) is 0.548. The van der Waals surface area contributed by atoms with Crippen LogP contribution in [0.1, 0.15) is 5.56 Å². The van der Waals surface area contributed by atoms with Crippen molar-refractivity contribution >= 4 is 17.3 Å². The van der Waals surface area contributed by atoms with Gasteiger partial charge >= 0.3 is 0 Å². The first-order valence-corrected chi connectivity index (χ1v) is 3.56. The average Bonchev–Trinajstić information content (AvgIpc) is 1.94. The molecule has 0 spiro atoms. The number of nitrogens with one attached hydrogen (secondary N) is 1. The molecule has 3 nitrogen and oxygen atoms in total. The van der Waals surface area contributed by atoms with Crippen LogP contribution in [0.2, 0.25) is 0 Å². The van der Waals surface area contributed by atoms with E-state index in [2.05, 4.69) is 0 Å². The lowest BCUT2D eigenvalue weighted by molar-refractivity contribution is 0.967. The number of rotatable bonds is 0. The third-order valence-electron chi connectivity index (χ3n) is 1.33. The van der Waals surface area contributed by atoms with Gasteiger partial charge in [-0.25, -0.2) is 0 Å². The summed E-state index contributed by atoms with van der Waals surface area (Å²) in [5.41, 5.74) is 6.70. The lowest BCUT2D eigenvalue weighted by Gasteiger charge is -2.03. The van der Waals surface area contributed by atoms with Crippen LogP contribution in [0.25, 0.3) is 0 Å². The monoisotopic (exact) mass is 167 g/mol. The van der Waals surface area contributed by atoms with Gasteiger partial charge in [0.25, 0.3) is 0 Å². The molecular weight excluding hydrogens is 158 g/mol. The van der Waals surface area contributed by atoms with Crippen LogP contribution in [-0.2, 0) is 0 Å². The summed E-state index contributed by atoms with van der Waals surface area (Å²) in [7, 11) is 0. The van der Waals surface area contributed by atoms with Crippen molar-refractivity contribution in [2.75, 3.05) is 0 Å². The molecule has 0 saturated carbocycles. The molecule has 0 bridgehead atoms. The van der Waals surface area contributed by atoms with E-state index in [1.54, 1.807) is 12.3 Å². The van der Waals surface area contributed by atoms with E-state index in [4.69, 9.17) is 23.4 Å². The topological polar surface area (TPSA) is 54.8 Å². The Morgan fingerprint density at radius 3 is 2.73 bits per heavy atom. The number of pyridine rings is 1. The number of thiocarbonyl (C=S) groups is 1. The highest BCUT2D eigenvalue weighted by atomic mass is 32.1. The van der Waals surface area contributed by atoms with E-state index in [0.29, 0.717) is 5.49 Å². The minimum atomic E-state index is 0.207. The van der Waals surface area contributed by atoms with Crippen LogP contribution in [0, 0.1) is 12.3 Å². The minimum Gasteiger partial charge on any atom is -0.376 e. The Balaban J connectivity index is 3.35. The highest BCUT2D eigenvalue weighted by Gasteiger charge is 1.93. The molecule has 0 unspecified atom stereocenters. The summed E-state index contributed by atoms with van der Waals surface area (Å²) in [6, 6.07) is 3.51. The normalized spacial score (nSPS) is 9.55. The van der Waals surface area contributed by atoms with Gasteiger partial charge in [-0.3, -0.25) is 9.98 Å². The summed E-state index contributed by atoms with van der Waals surface area (Å²) in [5, 5.41) is 7.60. The Hall–Kier alpha value is -1.16. The number of hydrogen-bond acceptors (Lipinski definition) is 2. The molecule has 0 fully saturated rings. The Kier molecular flexibility index (Phi) is 2.05. The third kappa shape index (κ3) is 1.65. The summed E-state index contributed by atoms with van der Waals surface area (Å²) < 4.78 is 1.46. The second kappa shape index (κ2) is 2.84. The van der Waals surface area contributed by atoms with Gasteiger partial charge in [-0.05, 0) is 30.8 Å². The molecule has 0 aliphatic rings. The maximum absolute atomic E-state index is 7.39. The molecule has 0 aromatic carbocycles. The number of hydrogen-bond donors (Lipinski definition) is 2. The van der Waals surface area contributed by atoms with Gasteiger partial charge in [0.2, 0.25) is 0 Å². The van der Waals surface area contributed by atoms with Crippen LogP contribution in [0.5, 0.6) is 0 Å². The van der Waals surface area contributed by atoms with Gasteiger partial charge in [0.05, 0.1) is 0 Å². The van der Waals surface area contributed by atoms with Crippen molar-refractivity contribution in [3.05, 3.63) is 29.4 Å². The zero-order chi connectivity index (χ0) is 8.43. The van der Waals surface area contributed by atoms with E-state index >= 15 is 0 Å². The number of aromatic nitrogens is 1. The molecule has 0 amide bonds. The minimum absolute atomic E-state index is 0.207. The van der Waals surface area contributed by atoms with Crippen molar-refractivity contribution in [1.29, 1.82) is 5.41 Å². The van der Waals surface area contributed by atoms with Gasteiger partial charge in [0.1, 0.15) is 5.49 Å². The summed E-state index contributed by atoms with van der Waals surface area (Å²) >= 11 is 4.73. The molecule has 58 valence electrons. The lowest BCUT2D eigenvalue weighted by atomic mass is 10.3. The van der Waals surface area contributed by atoms with Crippen LogP contribution in [0.4, 0.5) is 0 Å². The molecule has 0 saturated heterocycles. The molecule has 0 radical (unpaired) electrons. The van der Waals surface area contributed by atoms with Gasteiger partial charge in [-0.15, -0.1) is 0 Å². The Labute approximate surface area is 70.0 Å². The van der Waals surface area contributed by atoms with Gasteiger partial charge < -0.3 is 5.73 Å². The molecule has 0 atom stereocenters. The van der Waals surface area contributed by atoms with Crippen molar-refractivity contribution in [2.45, 2.75) is 6.92 Å². The van der Waals surface area contributed by atoms with Gasteiger partial charge in [0, 0.05) is 6.20 Å². The zero-order valence-corrected chi connectivity index (χ0v) is 6.98. The van der Waals surface area contributed by atoms with E-state index in [9.17, 15) is 0 Å². The van der Waals surface area contributed by atoms with Crippen LogP contribution < -0.4 is 11.2 Å². The Morgan fingerprint density at radius 2 is 2.27 bits per heavy atom. The predicted molar refractivity (Wildman–Crippen MR) is 47.2 cm³/mol. The Bertz CT molecular complexity index is 340. The van der Waals surface area contributed by atoms with Gasteiger partial charge in [-0.2, -0.15) is 0 Å². The number of aryl methyl sites for hydroxylation is 1. The van der Waals surface area contributed by atoms with Gasteiger partial charge in [0.15, 0.2) is 5.11 Å². The van der Waals surface area contributed by atoms with E-state index in [-0.39, 0.29) is 5.11 Å². The number of nitrogens with zero attached hydrogens (tertiary/aromatic N) is 1. The van der Waals surface area contributed by atoms with E-state index in [1.165, 1.54) is 4.57 Å². The third-order valence-corrected chi connectivity index (χ3v) is 1.53. The molecule has 0 aliphatic carbocycles. The molecule has 0 aliphatic heterocycles. The molecule has 11 heavy (non-hydrogen) atoms. The van der Waals surface area contributed by atoms with E-state index in [0.717, 1.165) is 5.56 Å². The first-order chi connectivity index (χ1) is 5.11. The molecule has 3 N–H and O–H groups in total. The first kappa shape index (κ1) is 7.94. The van der Waals surface area contributed by atoms with Crippen LogP contribution in [0.15, 0.2) is 18.3 Å². The summed E-state index contributed by atoms with van der Waals surface area (Å²) in [5.74, 6) is 0. The van der Waals surface area contributed by atoms with Crippen molar-refractivity contribution < 1.29 is 0 Å². The second-order valence-electron chi connectivity index (χ2n) is 2.30. The molecule has 4 heteroatoms. The fourth-order valence-corrected chi connectivity index (χ4v) is 0.940. The van der Waals surface area contributed by atoms with Gasteiger partial charge in [-0.1, -0.05) is 6.07 Å². The SMILES string of the molecule is Cc1ccc(=N)n(C(N)=S)c1. The van der Waals surface area contributed by atoms with Crippen LogP contribution in [0.3, 0.4) is 0 Å². The molecular formula is C7H9N3S. The molecule has 1 rings (SSSR count). The zero-order valence-electron chi connectivity index (χ0n) is 6.16. The average molecular weight is 167 g/mol. The number of nitrogens with two attached hydrogens (primary N) is 1. The van der Waals surface area contributed by atoms with Crippen molar-refractivity contribution in [1.82, 2.24) is 4.57 Å². The highest BCUT2D eigenvalue weighted by molar-refractivity contribution is 7.80. The van der Waals surface area contributed by atoms with Crippen molar-refractivity contribution in [3.8, 4) is 0 Å². The van der Waals surface area contributed by atoms with Crippen molar-refractivity contribution in [2.24, 2.45) is 5.73 Å². The standard InChI is InChI=1S/C7H9N3S/c1-5-2-3-6(8)10(4-5)7(9)11/h2-4,8H,1H3,(H2,9,11). The summed E-state index contributed by atoms with van der Waals surface area (Å²) in [4.78, 5) is 0. The first-order valence-electron chi connectivity index (χ1n) is 3.15. The fraction of sp³-hybridized carbons (Fsp3) is 0.143. The second-order valence-corrected chi connectivity index (χ2v) is 2.72.